The Kier molecular flexibility index (Phi) is 6.87. The van der Waals surface area contributed by atoms with E-state index < -0.39 is 29.6 Å². The number of para-hydroxylation sites is 1. The van der Waals surface area contributed by atoms with Gasteiger partial charge in [0.25, 0.3) is 11.1 Å². The van der Waals surface area contributed by atoms with E-state index in [-0.39, 0.29) is 17.9 Å². The van der Waals surface area contributed by atoms with Gasteiger partial charge >= 0.3 is 5.97 Å². The molecule has 1 saturated heterocycles. The van der Waals surface area contributed by atoms with Gasteiger partial charge in [-0.2, -0.15) is 0 Å². The zero-order chi connectivity index (χ0) is 21.5. The molecule has 2 N–H and O–H groups in total. The quantitative estimate of drug-likeness (QED) is 0.624. The van der Waals surface area contributed by atoms with Crippen LogP contribution in [0.25, 0.3) is 6.08 Å². The van der Waals surface area contributed by atoms with E-state index in [4.69, 9.17) is 9.84 Å². The molecular formula is C21H18N2O6S. The van der Waals surface area contributed by atoms with Crippen molar-refractivity contribution in [2.24, 2.45) is 0 Å². The van der Waals surface area contributed by atoms with Gasteiger partial charge in [-0.3, -0.25) is 24.1 Å². The number of thioether (sulfide) groups is 1. The molecule has 0 spiro atoms. The lowest BCUT2D eigenvalue weighted by molar-refractivity contribution is -0.137. The number of imide groups is 1. The van der Waals surface area contributed by atoms with Crippen molar-refractivity contribution in [2.75, 3.05) is 13.1 Å². The zero-order valence-electron chi connectivity index (χ0n) is 15.7. The predicted octanol–water partition coefficient (Wildman–Crippen LogP) is 3.11. The number of carboxylic acid groups (broad SMARTS) is 1. The first-order valence-corrected chi connectivity index (χ1v) is 9.81. The molecule has 0 bridgehead atoms. The molecule has 30 heavy (non-hydrogen) atoms. The van der Waals surface area contributed by atoms with Crippen molar-refractivity contribution in [2.45, 2.75) is 6.42 Å². The van der Waals surface area contributed by atoms with Crippen molar-refractivity contribution in [3.05, 3.63) is 65.1 Å². The van der Waals surface area contributed by atoms with Crippen molar-refractivity contribution in [3.63, 3.8) is 0 Å². The van der Waals surface area contributed by atoms with Gasteiger partial charge in [-0.1, -0.05) is 30.3 Å². The number of ether oxygens (including phenoxy) is 1. The van der Waals surface area contributed by atoms with E-state index in [1.54, 1.807) is 30.3 Å². The molecule has 154 valence electrons. The summed E-state index contributed by atoms with van der Waals surface area (Å²) in [5, 5.41) is 10.4. The molecule has 0 unspecified atom stereocenters. The van der Waals surface area contributed by atoms with Crippen LogP contribution in [0.4, 0.5) is 4.79 Å². The molecule has 8 nitrogen and oxygen atoms in total. The van der Waals surface area contributed by atoms with Gasteiger partial charge in [-0.25, -0.2) is 0 Å². The minimum absolute atomic E-state index is 0.0750. The molecule has 2 aromatic carbocycles. The molecular weight excluding hydrogens is 408 g/mol. The van der Waals surface area contributed by atoms with Crippen LogP contribution >= 0.6 is 11.8 Å². The monoisotopic (exact) mass is 426 g/mol. The number of nitrogens with one attached hydrogen (secondary N) is 1. The Morgan fingerprint density at radius 1 is 1.07 bits per heavy atom. The first-order chi connectivity index (χ1) is 14.4. The molecule has 0 atom stereocenters. The predicted molar refractivity (Wildman–Crippen MR) is 111 cm³/mol. The average Bonchev–Trinajstić information content (AvgIpc) is 2.96. The number of nitrogens with zero attached hydrogens (tertiary/aromatic N) is 1. The summed E-state index contributed by atoms with van der Waals surface area (Å²) in [7, 11) is 0. The number of hydrogen-bond acceptors (Lipinski definition) is 6. The van der Waals surface area contributed by atoms with Crippen molar-refractivity contribution in [1.82, 2.24) is 10.2 Å². The second kappa shape index (κ2) is 9.75. The maximum atomic E-state index is 12.5. The van der Waals surface area contributed by atoms with E-state index in [0.717, 1.165) is 16.7 Å². The molecule has 3 rings (SSSR count). The Morgan fingerprint density at radius 2 is 1.80 bits per heavy atom. The maximum Gasteiger partial charge on any atom is 0.305 e. The number of hydrogen-bond donors (Lipinski definition) is 2. The lowest BCUT2D eigenvalue weighted by Crippen LogP contribution is -2.40. The molecule has 1 heterocycles. The van der Waals surface area contributed by atoms with E-state index in [1.165, 1.54) is 0 Å². The van der Waals surface area contributed by atoms with Gasteiger partial charge in [0.05, 0.1) is 11.3 Å². The van der Waals surface area contributed by atoms with Crippen LogP contribution in [0.2, 0.25) is 0 Å². The Morgan fingerprint density at radius 3 is 2.53 bits per heavy atom. The average molecular weight is 426 g/mol. The Labute approximate surface area is 176 Å². The third kappa shape index (κ3) is 5.71. The van der Waals surface area contributed by atoms with Crippen LogP contribution in [0.5, 0.6) is 11.5 Å². The second-order valence-corrected chi connectivity index (χ2v) is 7.24. The largest absolute Gasteiger partial charge is 0.481 e. The number of carbonyl (C=O) groups excluding carboxylic acids is 3. The Bertz CT molecular complexity index is 1010. The van der Waals surface area contributed by atoms with Crippen LogP contribution in [-0.4, -0.2) is 46.1 Å². The van der Waals surface area contributed by atoms with Crippen LogP contribution < -0.4 is 10.1 Å². The van der Waals surface area contributed by atoms with Crippen molar-refractivity contribution in [3.8, 4) is 11.5 Å². The number of benzene rings is 2. The molecule has 1 aliphatic heterocycles. The van der Waals surface area contributed by atoms with Crippen LogP contribution in [0.1, 0.15) is 12.0 Å². The second-order valence-electron chi connectivity index (χ2n) is 6.25. The van der Waals surface area contributed by atoms with Crippen molar-refractivity contribution < 1.29 is 29.0 Å². The molecule has 0 aliphatic carbocycles. The number of carboxylic acids is 1. The maximum absolute atomic E-state index is 12.5. The number of carbonyl (C=O) groups is 4. The normalized spacial score (nSPS) is 14.8. The van der Waals surface area contributed by atoms with Crippen molar-refractivity contribution >= 4 is 40.9 Å². The van der Waals surface area contributed by atoms with Crippen molar-refractivity contribution in [1.29, 1.82) is 0 Å². The number of rotatable bonds is 8. The van der Waals surface area contributed by atoms with Crippen LogP contribution in [0.3, 0.4) is 0 Å². The van der Waals surface area contributed by atoms with Crippen LogP contribution in [0.15, 0.2) is 59.5 Å². The summed E-state index contributed by atoms with van der Waals surface area (Å²) in [6, 6.07) is 16.3. The highest BCUT2D eigenvalue weighted by atomic mass is 32.2. The highest BCUT2D eigenvalue weighted by molar-refractivity contribution is 8.18. The van der Waals surface area contributed by atoms with Gasteiger partial charge < -0.3 is 15.2 Å². The Balaban J connectivity index is 1.65. The summed E-state index contributed by atoms with van der Waals surface area (Å²) < 4.78 is 5.77. The molecule has 0 aromatic heterocycles. The number of amides is 3. The molecule has 3 amide bonds. The number of aliphatic carboxylic acids is 1. The van der Waals surface area contributed by atoms with E-state index in [2.05, 4.69) is 5.32 Å². The van der Waals surface area contributed by atoms with Gasteiger partial charge in [0.2, 0.25) is 5.91 Å². The highest BCUT2D eigenvalue weighted by Gasteiger charge is 2.36. The fraction of sp³-hybridized carbons (Fsp3) is 0.143. The Hall–Kier alpha value is -3.59. The van der Waals surface area contributed by atoms with E-state index in [9.17, 15) is 19.2 Å². The lowest BCUT2D eigenvalue weighted by atomic mass is 10.2. The first-order valence-electron chi connectivity index (χ1n) is 8.99. The summed E-state index contributed by atoms with van der Waals surface area (Å²) in [4.78, 5) is 48.0. The van der Waals surface area contributed by atoms with Crippen LogP contribution in [0, 0.1) is 0 Å². The minimum atomic E-state index is -1.05. The SMILES string of the molecule is O=C(O)CCNC(=O)CN1C(=O)S/C(=C\c2cccc(Oc3ccccc3)c2)C1=O. The fourth-order valence-corrected chi connectivity index (χ4v) is 3.43. The lowest BCUT2D eigenvalue weighted by Gasteiger charge is -2.11. The summed E-state index contributed by atoms with van der Waals surface area (Å²) >= 11 is 0.741. The summed E-state index contributed by atoms with van der Waals surface area (Å²) in [5.41, 5.74) is 0.667. The molecule has 0 saturated carbocycles. The van der Waals surface area contributed by atoms with E-state index in [1.807, 2.05) is 30.3 Å². The molecule has 2 aromatic rings. The van der Waals surface area contributed by atoms with E-state index in [0.29, 0.717) is 17.1 Å². The third-order valence-corrected chi connectivity index (χ3v) is 4.88. The van der Waals surface area contributed by atoms with Gasteiger partial charge in [-0.05, 0) is 47.7 Å². The minimum Gasteiger partial charge on any atom is -0.481 e. The van der Waals surface area contributed by atoms with Gasteiger partial charge in [0.15, 0.2) is 0 Å². The summed E-state index contributed by atoms with van der Waals surface area (Å²) in [6.45, 7) is -0.535. The molecule has 9 heteroatoms. The van der Waals surface area contributed by atoms with E-state index >= 15 is 0 Å². The van der Waals surface area contributed by atoms with Gasteiger partial charge in [0.1, 0.15) is 18.0 Å². The highest BCUT2D eigenvalue weighted by Crippen LogP contribution is 2.32. The molecule has 1 fully saturated rings. The topological polar surface area (TPSA) is 113 Å². The first kappa shape index (κ1) is 21.1. The fourth-order valence-electron chi connectivity index (χ4n) is 2.59. The van der Waals surface area contributed by atoms with Crippen LogP contribution in [-0.2, 0) is 14.4 Å². The molecule has 0 radical (unpaired) electrons. The van der Waals surface area contributed by atoms with Gasteiger partial charge in [-0.15, -0.1) is 0 Å². The van der Waals surface area contributed by atoms with Gasteiger partial charge in [0, 0.05) is 6.54 Å². The molecule has 1 aliphatic rings. The standard InChI is InChI=1S/C21H18N2O6S/c24-18(22-10-9-19(25)26)13-23-20(27)17(30-21(23)28)12-14-5-4-8-16(11-14)29-15-6-2-1-3-7-15/h1-8,11-12H,9-10,13H2,(H,22,24)(H,25,26)/b17-12-. The third-order valence-electron chi connectivity index (χ3n) is 3.97. The summed E-state index contributed by atoms with van der Waals surface area (Å²) in [5.74, 6) is -0.982. The zero-order valence-corrected chi connectivity index (χ0v) is 16.6. The smallest absolute Gasteiger partial charge is 0.305 e. The summed E-state index contributed by atoms with van der Waals surface area (Å²) in [6.07, 6.45) is 1.32.